The first-order valence-corrected chi connectivity index (χ1v) is 12.4. The van der Waals surface area contributed by atoms with Crippen LogP contribution in [0.3, 0.4) is 0 Å². The summed E-state index contributed by atoms with van der Waals surface area (Å²) in [5.41, 5.74) is 7.20. The number of benzene rings is 1. The second-order valence-electron chi connectivity index (χ2n) is 9.23. The maximum Gasteiger partial charge on any atom is 0.435 e. The maximum atomic E-state index is 13.7. The zero-order valence-corrected chi connectivity index (χ0v) is 24.2. The van der Waals surface area contributed by atoms with Gasteiger partial charge in [-0.3, -0.25) is 0 Å². The number of nitrogens with two attached hydrogens (primary N) is 1. The zero-order chi connectivity index (χ0) is 31.2. The van der Waals surface area contributed by atoms with Crippen molar-refractivity contribution in [2.45, 2.75) is 33.9 Å². The zero-order valence-electron chi connectivity index (χ0n) is 24.2. The van der Waals surface area contributed by atoms with Gasteiger partial charge in [-0.25, -0.2) is 14.7 Å². The van der Waals surface area contributed by atoms with E-state index >= 15 is 0 Å². The van der Waals surface area contributed by atoms with Crippen LogP contribution in [0.5, 0.6) is 17.4 Å². The Balaban J connectivity index is 2.36. The van der Waals surface area contributed by atoms with Gasteiger partial charge in [-0.05, 0) is 39.8 Å². The van der Waals surface area contributed by atoms with Crippen LogP contribution >= 0.6 is 0 Å². The van der Waals surface area contributed by atoms with Gasteiger partial charge in [-0.15, -0.1) is 0 Å². The van der Waals surface area contributed by atoms with Crippen LogP contribution < -0.4 is 25.3 Å². The summed E-state index contributed by atoms with van der Waals surface area (Å²) >= 11 is 0. The van der Waals surface area contributed by atoms with Crippen molar-refractivity contribution in [3.8, 4) is 17.4 Å². The van der Waals surface area contributed by atoms with E-state index in [4.69, 9.17) is 24.9 Å². The maximum absolute atomic E-state index is 13.7. The highest BCUT2D eigenvalue weighted by Gasteiger charge is 2.35. The minimum absolute atomic E-state index is 0.0430. The lowest BCUT2D eigenvalue weighted by atomic mass is 10.0. The lowest BCUT2D eigenvalue weighted by Gasteiger charge is -2.16. The van der Waals surface area contributed by atoms with Crippen molar-refractivity contribution in [3.63, 3.8) is 0 Å². The predicted molar refractivity (Wildman–Crippen MR) is 154 cm³/mol. The monoisotopic (exact) mass is 587 g/mol. The molecule has 0 unspecified atom stereocenters. The normalized spacial score (nSPS) is 12.9. The van der Waals surface area contributed by atoms with E-state index in [1.54, 1.807) is 31.2 Å². The summed E-state index contributed by atoms with van der Waals surface area (Å²) in [4.78, 5) is 8.96. The highest BCUT2D eigenvalue weighted by molar-refractivity contribution is 6.02. The number of rotatable bonds is 9. The third-order valence-electron chi connectivity index (χ3n) is 5.74. The van der Waals surface area contributed by atoms with Gasteiger partial charge in [0.1, 0.15) is 17.3 Å². The van der Waals surface area contributed by atoms with Crippen LogP contribution in [-0.2, 0) is 6.18 Å². The Morgan fingerprint density at radius 3 is 2.17 bits per heavy atom. The number of hydrogen-bond acceptors (Lipinski definition) is 8. The third kappa shape index (κ3) is 7.38. The fourth-order valence-corrected chi connectivity index (χ4v) is 3.89. The molecule has 42 heavy (non-hydrogen) atoms. The van der Waals surface area contributed by atoms with E-state index in [-0.39, 0.29) is 28.8 Å². The van der Waals surface area contributed by atoms with Crippen LogP contribution in [0.2, 0.25) is 0 Å². The molecule has 0 radical (unpaired) electrons. The molecule has 2 heterocycles. The van der Waals surface area contributed by atoms with Gasteiger partial charge >= 0.3 is 6.18 Å². The molecular formula is C28H32F3N7O4. The molecule has 0 aliphatic carbocycles. The number of nitrogens with zero attached hydrogens (tertiary/aromatic N) is 5. The molecule has 224 valence electrons. The van der Waals surface area contributed by atoms with E-state index in [0.29, 0.717) is 34.2 Å². The minimum atomic E-state index is -4.69. The van der Waals surface area contributed by atoms with Crippen molar-refractivity contribution in [2.75, 3.05) is 26.6 Å². The highest BCUT2D eigenvalue weighted by Crippen LogP contribution is 2.33. The summed E-state index contributed by atoms with van der Waals surface area (Å²) in [5, 5.41) is 19.3. The number of nitrogens with one attached hydrogen (secondary N) is 1. The van der Waals surface area contributed by atoms with E-state index < -0.39 is 11.9 Å². The number of alkyl halides is 3. The van der Waals surface area contributed by atoms with Gasteiger partial charge in [0.05, 0.1) is 26.9 Å². The fourth-order valence-electron chi connectivity index (χ4n) is 3.89. The number of pyridine rings is 1. The molecule has 0 aliphatic heterocycles. The van der Waals surface area contributed by atoms with Gasteiger partial charge in [0.15, 0.2) is 17.4 Å². The molecule has 0 aliphatic rings. The number of allylic oxidation sites excluding steroid dienone is 3. The second-order valence-corrected chi connectivity index (χ2v) is 9.23. The second kappa shape index (κ2) is 13.1. The molecule has 1 aromatic carbocycles. The van der Waals surface area contributed by atoms with Crippen molar-refractivity contribution >= 4 is 28.8 Å². The molecule has 0 amide bonds. The molecular weight excluding hydrogens is 555 g/mol. The Hall–Kier alpha value is -5.01. The molecule has 0 atom stereocenters. The Kier molecular flexibility index (Phi) is 9.83. The molecule has 14 heteroatoms. The largest absolute Gasteiger partial charge is 0.497 e. The lowest BCUT2D eigenvalue weighted by molar-refractivity contribution is -0.141. The van der Waals surface area contributed by atoms with Crippen LogP contribution in [-0.4, -0.2) is 53.0 Å². The first-order valence-electron chi connectivity index (χ1n) is 12.4. The standard InChI is InChI=1S/C28H32F3N7O4/c1-15(2)8-22(18-10-23(25(32)37-39)27(42-7)33-14-18)26(38-16(3)9-24(36-38)28(29,30)31)35-17(4)34-19-11-20(40-5)13-21(12-19)41-6/h8-14,39H,1-7H3,(H2,32,37)(H,34,35)/b26-22-. The summed E-state index contributed by atoms with van der Waals surface area (Å²) < 4.78 is 58.0. The first kappa shape index (κ1) is 31.5. The van der Waals surface area contributed by atoms with Gasteiger partial charge in [0, 0.05) is 46.9 Å². The highest BCUT2D eigenvalue weighted by atomic mass is 19.4. The summed E-state index contributed by atoms with van der Waals surface area (Å²) in [6.45, 7) is 6.76. The molecule has 0 saturated carbocycles. The van der Waals surface area contributed by atoms with Crippen LogP contribution in [0, 0.1) is 6.92 Å². The molecule has 3 aromatic rings. The molecule has 0 spiro atoms. The summed E-state index contributed by atoms with van der Waals surface area (Å²) in [7, 11) is 4.39. The smallest absolute Gasteiger partial charge is 0.435 e. The van der Waals surface area contributed by atoms with Crippen molar-refractivity contribution in [3.05, 3.63) is 70.7 Å². The quantitative estimate of drug-likeness (QED) is 0.0973. The van der Waals surface area contributed by atoms with Gasteiger partial charge < -0.3 is 30.5 Å². The van der Waals surface area contributed by atoms with Crippen molar-refractivity contribution in [2.24, 2.45) is 15.9 Å². The van der Waals surface area contributed by atoms with E-state index in [1.807, 2.05) is 13.8 Å². The average molecular weight is 588 g/mol. The van der Waals surface area contributed by atoms with Gasteiger partial charge in [-0.2, -0.15) is 18.3 Å². The Bertz CT molecular complexity index is 1550. The van der Waals surface area contributed by atoms with Crippen molar-refractivity contribution in [1.82, 2.24) is 14.8 Å². The third-order valence-corrected chi connectivity index (χ3v) is 5.74. The Labute approximate surface area is 240 Å². The minimum Gasteiger partial charge on any atom is -0.497 e. The summed E-state index contributed by atoms with van der Waals surface area (Å²) in [6.07, 6.45) is -1.53. The topological polar surface area (TPSA) is 141 Å². The van der Waals surface area contributed by atoms with Crippen LogP contribution in [0.15, 0.2) is 58.3 Å². The summed E-state index contributed by atoms with van der Waals surface area (Å²) in [6, 6.07) is 7.57. The Morgan fingerprint density at radius 2 is 1.67 bits per heavy atom. The fraction of sp³-hybridized carbons (Fsp3) is 0.286. The number of aryl methyl sites for hydroxylation is 1. The predicted octanol–water partition coefficient (Wildman–Crippen LogP) is 5.55. The van der Waals surface area contributed by atoms with Crippen LogP contribution in [0.1, 0.15) is 43.3 Å². The number of amidine groups is 2. The SMILES string of the molecule is COc1cc(N/C(C)=N/C(=C(\C=C(C)C)c2cnc(OC)c(/C(N)=N/O)c2)n2nc(C(F)(F)F)cc2C)cc(OC)c1. The molecule has 0 saturated heterocycles. The molecule has 0 bridgehead atoms. The number of aromatic nitrogens is 3. The first-order chi connectivity index (χ1) is 19.8. The lowest BCUT2D eigenvalue weighted by Crippen LogP contribution is -2.16. The number of ether oxygens (including phenoxy) is 3. The number of halogens is 3. The van der Waals surface area contributed by atoms with Crippen molar-refractivity contribution < 1.29 is 32.6 Å². The van der Waals surface area contributed by atoms with Gasteiger partial charge in [0.25, 0.3) is 0 Å². The van der Waals surface area contributed by atoms with E-state index in [1.165, 1.54) is 40.5 Å². The molecule has 0 fully saturated rings. The van der Waals surface area contributed by atoms with Crippen LogP contribution in [0.25, 0.3) is 11.4 Å². The van der Waals surface area contributed by atoms with Crippen molar-refractivity contribution in [1.29, 1.82) is 0 Å². The molecule has 2 aromatic heterocycles. The number of anilines is 1. The average Bonchev–Trinajstić information content (AvgIpc) is 3.35. The van der Waals surface area contributed by atoms with E-state index in [2.05, 4.69) is 20.6 Å². The number of oxime groups is 1. The summed E-state index contributed by atoms with van der Waals surface area (Å²) in [5.74, 6) is 1.19. The molecule has 11 nitrogen and oxygen atoms in total. The van der Waals surface area contributed by atoms with E-state index in [0.717, 1.165) is 16.3 Å². The van der Waals surface area contributed by atoms with Gasteiger partial charge in [0.2, 0.25) is 5.88 Å². The number of aliphatic imine (C=N–C) groups is 1. The number of hydrogen-bond donors (Lipinski definition) is 3. The van der Waals surface area contributed by atoms with Crippen LogP contribution in [0.4, 0.5) is 18.9 Å². The number of methoxy groups -OCH3 is 3. The van der Waals surface area contributed by atoms with Gasteiger partial charge in [-0.1, -0.05) is 16.8 Å². The molecule has 3 rings (SSSR count). The Morgan fingerprint density at radius 1 is 1.02 bits per heavy atom. The van der Waals surface area contributed by atoms with E-state index in [9.17, 15) is 18.4 Å². The molecule has 4 N–H and O–H groups in total.